The lowest BCUT2D eigenvalue weighted by molar-refractivity contribution is 0.0576. The van der Waals surface area contributed by atoms with Gasteiger partial charge in [-0.3, -0.25) is 9.89 Å². The zero-order valence-corrected chi connectivity index (χ0v) is 12.5. The summed E-state index contributed by atoms with van der Waals surface area (Å²) in [5.41, 5.74) is -0.118. The molecule has 1 aliphatic rings. The number of H-pyrrole nitrogens is 1. The highest BCUT2D eigenvalue weighted by Gasteiger charge is 2.30. The SMILES string of the molecule is CC1CCN(C(=O)c2n[nH]c(C(C)(C)C)n2)C(C)C1. The summed E-state index contributed by atoms with van der Waals surface area (Å²) in [6.45, 7) is 11.3. The maximum atomic E-state index is 12.4. The second-order valence-electron chi connectivity index (χ2n) is 6.73. The minimum Gasteiger partial charge on any atom is -0.333 e. The third kappa shape index (κ3) is 2.96. The standard InChI is InChI=1S/C14H24N4O/c1-9-6-7-18(10(2)8-9)12(19)11-15-13(17-16-11)14(3,4)5/h9-10H,6-8H2,1-5H3,(H,15,16,17). The van der Waals surface area contributed by atoms with Gasteiger partial charge >= 0.3 is 0 Å². The van der Waals surface area contributed by atoms with Crippen molar-refractivity contribution in [2.45, 2.75) is 58.9 Å². The lowest BCUT2D eigenvalue weighted by Gasteiger charge is -2.35. The van der Waals surface area contributed by atoms with Crippen LogP contribution < -0.4 is 0 Å². The second-order valence-corrected chi connectivity index (χ2v) is 6.73. The van der Waals surface area contributed by atoms with Crippen LogP contribution in [-0.4, -0.2) is 38.6 Å². The van der Waals surface area contributed by atoms with E-state index in [0.717, 1.165) is 25.2 Å². The molecule has 2 heterocycles. The predicted octanol–water partition coefficient (Wildman–Crippen LogP) is 2.36. The largest absolute Gasteiger partial charge is 0.333 e. The fourth-order valence-corrected chi connectivity index (χ4v) is 2.53. The minimum atomic E-state index is -0.118. The Morgan fingerprint density at radius 1 is 1.37 bits per heavy atom. The van der Waals surface area contributed by atoms with E-state index in [0.29, 0.717) is 11.7 Å². The molecule has 19 heavy (non-hydrogen) atoms. The normalized spacial score (nSPS) is 24.6. The third-order valence-corrected chi connectivity index (χ3v) is 3.79. The summed E-state index contributed by atoms with van der Waals surface area (Å²) >= 11 is 0. The van der Waals surface area contributed by atoms with Gasteiger partial charge in [0.25, 0.3) is 5.91 Å². The van der Waals surface area contributed by atoms with Gasteiger partial charge in [0.05, 0.1) is 0 Å². The molecule has 0 spiro atoms. The maximum absolute atomic E-state index is 12.4. The van der Waals surface area contributed by atoms with Crippen molar-refractivity contribution in [3.8, 4) is 0 Å². The molecule has 2 rings (SSSR count). The van der Waals surface area contributed by atoms with E-state index in [4.69, 9.17) is 0 Å². The topological polar surface area (TPSA) is 61.9 Å². The molecule has 0 radical (unpaired) electrons. The number of aromatic nitrogens is 3. The summed E-state index contributed by atoms with van der Waals surface area (Å²) in [6, 6.07) is 0.271. The van der Waals surface area contributed by atoms with E-state index in [1.807, 2.05) is 25.7 Å². The van der Waals surface area contributed by atoms with E-state index in [1.54, 1.807) is 0 Å². The van der Waals surface area contributed by atoms with Crippen LogP contribution in [-0.2, 0) is 5.41 Å². The first-order valence-corrected chi connectivity index (χ1v) is 7.03. The van der Waals surface area contributed by atoms with Crippen LogP contribution in [0.3, 0.4) is 0 Å². The van der Waals surface area contributed by atoms with Crippen LogP contribution in [0.15, 0.2) is 0 Å². The smallest absolute Gasteiger partial charge is 0.293 e. The number of carbonyl (C=O) groups excluding carboxylic acids is 1. The summed E-state index contributed by atoms with van der Waals surface area (Å²) in [6.07, 6.45) is 2.12. The zero-order valence-electron chi connectivity index (χ0n) is 12.5. The van der Waals surface area contributed by atoms with Crippen molar-refractivity contribution in [2.24, 2.45) is 5.92 Å². The van der Waals surface area contributed by atoms with E-state index in [2.05, 4.69) is 29.0 Å². The highest BCUT2D eigenvalue weighted by atomic mass is 16.2. The van der Waals surface area contributed by atoms with Gasteiger partial charge in [0.15, 0.2) is 0 Å². The van der Waals surface area contributed by atoms with Crippen molar-refractivity contribution in [3.05, 3.63) is 11.6 Å². The van der Waals surface area contributed by atoms with Crippen molar-refractivity contribution in [1.82, 2.24) is 20.1 Å². The third-order valence-electron chi connectivity index (χ3n) is 3.79. The number of piperidine rings is 1. The molecule has 5 heteroatoms. The van der Waals surface area contributed by atoms with Crippen LogP contribution in [0.4, 0.5) is 0 Å². The predicted molar refractivity (Wildman–Crippen MR) is 74.0 cm³/mol. The highest BCUT2D eigenvalue weighted by molar-refractivity contribution is 5.90. The van der Waals surface area contributed by atoms with Gasteiger partial charge in [-0.15, -0.1) is 5.10 Å². The molecule has 106 valence electrons. The second kappa shape index (κ2) is 4.94. The molecule has 1 fully saturated rings. The van der Waals surface area contributed by atoms with Crippen LogP contribution in [0, 0.1) is 5.92 Å². The van der Waals surface area contributed by atoms with Gasteiger partial charge < -0.3 is 4.90 Å². The van der Waals surface area contributed by atoms with Crippen LogP contribution in [0.5, 0.6) is 0 Å². The average molecular weight is 264 g/mol. The molecule has 0 bridgehead atoms. The molecule has 0 saturated carbocycles. The molecule has 1 N–H and O–H groups in total. The number of hydrogen-bond acceptors (Lipinski definition) is 3. The zero-order chi connectivity index (χ0) is 14.2. The van der Waals surface area contributed by atoms with Crippen LogP contribution in [0.2, 0.25) is 0 Å². The first-order valence-electron chi connectivity index (χ1n) is 7.03. The molecule has 2 atom stereocenters. The lowest BCUT2D eigenvalue weighted by atomic mass is 9.93. The molecule has 0 aromatic carbocycles. The number of carbonyl (C=O) groups is 1. The van der Waals surface area contributed by atoms with E-state index in [1.165, 1.54) is 0 Å². The molecule has 1 saturated heterocycles. The molecule has 1 amide bonds. The Hall–Kier alpha value is -1.39. The van der Waals surface area contributed by atoms with Gasteiger partial charge in [-0.1, -0.05) is 27.7 Å². The Bertz CT molecular complexity index is 460. The Morgan fingerprint density at radius 2 is 2.05 bits per heavy atom. The molecular weight excluding hydrogens is 240 g/mol. The van der Waals surface area contributed by atoms with Gasteiger partial charge in [0, 0.05) is 18.0 Å². The Kier molecular flexibility index (Phi) is 3.65. The van der Waals surface area contributed by atoms with Gasteiger partial charge in [0.2, 0.25) is 5.82 Å². The summed E-state index contributed by atoms with van der Waals surface area (Å²) in [4.78, 5) is 18.7. The van der Waals surface area contributed by atoms with Crippen molar-refractivity contribution >= 4 is 5.91 Å². The number of hydrogen-bond donors (Lipinski definition) is 1. The van der Waals surface area contributed by atoms with Crippen molar-refractivity contribution in [1.29, 1.82) is 0 Å². The number of amides is 1. The van der Waals surface area contributed by atoms with Gasteiger partial charge in [0.1, 0.15) is 5.82 Å². The monoisotopic (exact) mass is 264 g/mol. The molecule has 0 aliphatic carbocycles. The fourth-order valence-electron chi connectivity index (χ4n) is 2.53. The van der Waals surface area contributed by atoms with Gasteiger partial charge in [-0.25, -0.2) is 4.98 Å². The number of nitrogens with one attached hydrogen (secondary N) is 1. The Morgan fingerprint density at radius 3 is 2.58 bits per heavy atom. The van der Waals surface area contributed by atoms with Gasteiger partial charge in [-0.05, 0) is 25.7 Å². The molecular formula is C14H24N4O. The molecule has 1 aromatic heterocycles. The number of aromatic amines is 1. The fraction of sp³-hybridized carbons (Fsp3) is 0.786. The number of nitrogens with zero attached hydrogens (tertiary/aromatic N) is 3. The summed E-state index contributed by atoms with van der Waals surface area (Å²) in [5.74, 6) is 1.70. The van der Waals surface area contributed by atoms with E-state index in [9.17, 15) is 4.79 Å². The van der Waals surface area contributed by atoms with Crippen LogP contribution in [0.25, 0.3) is 0 Å². The number of likely N-dealkylation sites (tertiary alicyclic amines) is 1. The Balaban J connectivity index is 2.14. The quantitative estimate of drug-likeness (QED) is 0.847. The Labute approximate surface area is 114 Å². The average Bonchev–Trinajstić information content (AvgIpc) is 2.76. The minimum absolute atomic E-state index is 0.0499. The van der Waals surface area contributed by atoms with Crippen LogP contribution >= 0.6 is 0 Å². The van der Waals surface area contributed by atoms with E-state index in [-0.39, 0.29) is 17.4 Å². The molecule has 1 aromatic rings. The van der Waals surface area contributed by atoms with Crippen molar-refractivity contribution < 1.29 is 4.79 Å². The van der Waals surface area contributed by atoms with Crippen LogP contribution in [0.1, 0.15) is 63.9 Å². The maximum Gasteiger partial charge on any atom is 0.293 e. The summed E-state index contributed by atoms with van der Waals surface area (Å²) < 4.78 is 0. The number of rotatable bonds is 1. The highest BCUT2D eigenvalue weighted by Crippen LogP contribution is 2.24. The van der Waals surface area contributed by atoms with E-state index < -0.39 is 0 Å². The lowest BCUT2D eigenvalue weighted by Crippen LogP contribution is -2.44. The molecule has 5 nitrogen and oxygen atoms in total. The summed E-state index contributed by atoms with van der Waals surface area (Å²) in [5, 5.41) is 6.96. The first kappa shape index (κ1) is 14.0. The molecule has 1 aliphatic heterocycles. The first-order chi connectivity index (χ1) is 8.79. The van der Waals surface area contributed by atoms with Crippen molar-refractivity contribution in [2.75, 3.05) is 6.54 Å². The van der Waals surface area contributed by atoms with Gasteiger partial charge in [-0.2, -0.15) is 0 Å². The van der Waals surface area contributed by atoms with Crippen molar-refractivity contribution in [3.63, 3.8) is 0 Å². The summed E-state index contributed by atoms with van der Waals surface area (Å²) in [7, 11) is 0. The van der Waals surface area contributed by atoms with E-state index >= 15 is 0 Å². The molecule has 2 unspecified atom stereocenters.